The van der Waals surface area contributed by atoms with Crippen molar-refractivity contribution in [2.45, 2.75) is 52.2 Å². The van der Waals surface area contributed by atoms with Gasteiger partial charge in [0.15, 0.2) is 5.82 Å². The number of benzene rings is 1. The minimum absolute atomic E-state index is 0.188. The van der Waals surface area contributed by atoms with Gasteiger partial charge in [-0.1, -0.05) is 30.3 Å². The Labute approximate surface area is 268 Å². The van der Waals surface area contributed by atoms with E-state index in [9.17, 15) is 14.0 Å². The van der Waals surface area contributed by atoms with E-state index in [1.807, 2.05) is 57.2 Å². The molecule has 0 aliphatic carbocycles. The standard InChI is InChI=1S/C34H40FN7O4/c1-34(2,3)46-33(44)41-13-7-10-25(21-41)18-27-19-30(38-31(37-27)28-20-36-29-12-11-26(35)22-42(28)29)39-14-16-40(17-15-39)32(43)45-23-24-8-5-4-6-9-24/h4-6,8-9,11-12,19-20,22,25H,7,10,13-18,21,23H2,1-3H3/t25-/m0/s1. The highest BCUT2D eigenvalue weighted by atomic mass is 19.1. The van der Waals surface area contributed by atoms with Crippen LogP contribution in [-0.4, -0.2) is 86.2 Å². The number of fused-ring (bicyclic) bond motifs is 1. The van der Waals surface area contributed by atoms with Crippen LogP contribution in [0.5, 0.6) is 0 Å². The zero-order chi connectivity index (χ0) is 32.3. The minimum atomic E-state index is -0.559. The van der Waals surface area contributed by atoms with Gasteiger partial charge in [-0.15, -0.1) is 0 Å². The van der Waals surface area contributed by atoms with Crippen LogP contribution in [0.15, 0.2) is 60.9 Å². The third kappa shape index (κ3) is 7.55. The SMILES string of the molecule is CC(C)(C)OC(=O)N1CCC[C@@H](Cc2cc(N3CCN(C(=O)OCc4ccccc4)CC3)nc(-c3cnc4ccc(F)cn34)n2)C1. The van der Waals surface area contributed by atoms with E-state index < -0.39 is 5.60 Å². The van der Waals surface area contributed by atoms with Gasteiger partial charge in [-0.2, -0.15) is 0 Å². The molecule has 2 saturated heterocycles. The van der Waals surface area contributed by atoms with E-state index in [4.69, 9.17) is 19.4 Å². The lowest BCUT2D eigenvalue weighted by molar-refractivity contribution is 0.0165. The summed E-state index contributed by atoms with van der Waals surface area (Å²) in [5.41, 5.74) is 2.38. The van der Waals surface area contributed by atoms with Gasteiger partial charge in [0.05, 0.1) is 6.20 Å². The van der Waals surface area contributed by atoms with Crippen molar-refractivity contribution in [3.05, 3.63) is 78.0 Å². The number of hydrogen-bond donors (Lipinski definition) is 0. The number of rotatable bonds is 6. The van der Waals surface area contributed by atoms with Crippen LogP contribution in [0.3, 0.4) is 0 Å². The summed E-state index contributed by atoms with van der Waals surface area (Å²) >= 11 is 0. The molecule has 2 fully saturated rings. The van der Waals surface area contributed by atoms with Gasteiger partial charge in [0, 0.05) is 57.2 Å². The maximum atomic E-state index is 14.2. The van der Waals surface area contributed by atoms with E-state index in [-0.39, 0.29) is 30.5 Å². The average molecular weight is 630 g/mol. The zero-order valence-electron chi connectivity index (χ0n) is 26.6. The maximum absolute atomic E-state index is 14.2. The summed E-state index contributed by atoms with van der Waals surface area (Å²) in [6.45, 7) is 9.17. The van der Waals surface area contributed by atoms with Crippen LogP contribution in [0.2, 0.25) is 0 Å². The molecular weight excluding hydrogens is 589 g/mol. The van der Waals surface area contributed by atoms with E-state index in [1.54, 1.807) is 26.5 Å². The number of amides is 2. The Hall–Kier alpha value is -4.74. The van der Waals surface area contributed by atoms with Crippen molar-refractivity contribution in [1.29, 1.82) is 0 Å². The predicted octanol–water partition coefficient (Wildman–Crippen LogP) is 5.58. The smallest absolute Gasteiger partial charge is 0.410 e. The molecule has 4 aromatic rings. The maximum Gasteiger partial charge on any atom is 0.410 e. The van der Waals surface area contributed by atoms with Crippen LogP contribution in [0, 0.1) is 11.7 Å². The molecular formula is C34H40FN7O4. The minimum Gasteiger partial charge on any atom is -0.445 e. The lowest BCUT2D eigenvalue weighted by Gasteiger charge is -2.35. The molecule has 0 spiro atoms. The molecule has 0 unspecified atom stereocenters. The van der Waals surface area contributed by atoms with Gasteiger partial charge in [-0.3, -0.25) is 4.40 Å². The molecule has 2 aliphatic heterocycles. The summed E-state index contributed by atoms with van der Waals surface area (Å²) < 4.78 is 27.1. The highest BCUT2D eigenvalue weighted by Crippen LogP contribution is 2.27. The van der Waals surface area contributed by atoms with Crippen molar-refractivity contribution in [3.8, 4) is 11.5 Å². The molecule has 5 heterocycles. The average Bonchev–Trinajstić information content (AvgIpc) is 3.46. The number of aromatic nitrogens is 4. The number of piperidine rings is 1. The van der Waals surface area contributed by atoms with Crippen LogP contribution in [0.4, 0.5) is 19.8 Å². The Morgan fingerprint density at radius 3 is 2.50 bits per heavy atom. The number of nitrogens with zero attached hydrogens (tertiary/aromatic N) is 7. The second-order valence-corrected chi connectivity index (χ2v) is 12.9. The monoisotopic (exact) mass is 629 g/mol. The van der Waals surface area contributed by atoms with Gasteiger partial charge in [-0.05, 0) is 63.6 Å². The molecule has 2 amide bonds. The fourth-order valence-electron chi connectivity index (χ4n) is 5.93. The number of carbonyl (C=O) groups is 2. The molecule has 0 radical (unpaired) electrons. The largest absolute Gasteiger partial charge is 0.445 e. The van der Waals surface area contributed by atoms with E-state index in [2.05, 4.69) is 9.88 Å². The molecule has 3 aromatic heterocycles. The van der Waals surface area contributed by atoms with Crippen molar-refractivity contribution in [1.82, 2.24) is 29.2 Å². The summed E-state index contributed by atoms with van der Waals surface area (Å²) in [6.07, 6.45) is 4.87. The third-order valence-corrected chi connectivity index (χ3v) is 8.20. The first-order valence-corrected chi connectivity index (χ1v) is 15.8. The number of hydrogen-bond acceptors (Lipinski definition) is 8. The zero-order valence-corrected chi connectivity index (χ0v) is 26.6. The van der Waals surface area contributed by atoms with Crippen LogP contribution in [0.1, 0.15) is 44.9 Å². The summed E-state index contributed by atoms with van der Waals surface area (Å²) in [7, 11) is 0. The molecule has 6 rings (SSSR count). The van der Waals surface area contributed by atoms with E-state index in [0.29, 0.717) is 62.9 Å². The van der Waals surface area contributed by atoms with E-state index in [0.717, 1.165) is 29.9 Å². The quantitative estimate of drug-likeness (QED) is 0.272. The number of ether oxygens (including phenoxy) is 2. The molecule has 12 heteroatoms. The second-order valence-electron chi connectivity index (χ2n) is 12.9. The lowest BCUT2D eigenvalue weighted by Crippen LogP contribution is -2.49. The van der Waals surface area contributed by atoms with Gasteiger partial charge < -0.3 is 24.2 Å². The topological polar surface area (TPSA) is 105 Å². The number of likely N-dealkylation sites (tertiary alicyclic amines) is 1. The number of pyridine rings is 1. The summed E-state index contributed by atoms with van der Waals surface area (Å²) in [4.78, 5) is 45.5. The van der Waals surface area contributed by atoms with E-state index in [1.165, 1.54) is 12.3 Å². The van der Waals surface area contributed by atoms with Crippen LogP contribution >= 0.6 is 0 Å². The Morgan fingerprint density at radius 2 is 1.74 bits per heavy atom. The Morgan fingerprint density at radius 1 is 0.957 bits per heavy atom. The fraction of sp³-hybridized carbons (Fsp3) is 0.441. The van der Waals surface area contributed by atoms with Crippen LogP contribution in [-0.2, 0) is 22.5 Å². The molecule has 242 valence electrons. The summed E-state index contributed by atoms with van der Waals surface area (Å²) in [5.74, 6) is 0.967. The molecule has 2 aliphatic rings. The van der Waals surface area contributed by atoms with Crippen molar-refractivity contribution in [2.75, 3.05) is 44.2 Å². The highest BCUT2D eigenvalue weighted by molar-refractivity contribution is 5.69. The Balaban J connectivity index is 1.20. The van der Waals surface area contributed by atoms with Crippen molar-refractivity contribution in [2.24, 2.45) is 5.92 Å². The molecule has 0 bridgehead atoms. The first-order valence-electron chi connectivity index (χ1n) is 15.8. The molecule has 11 nitrogen and oxygen atoms in total. The number of carbonyl (C=O) groups excluding carboxylic acids is 2. The van der Waals surface area contributed by atoms with Gasteiger partial charge >= 0.3 is 12.2 Å². The molecule has 46 heavy (non-hydrogen) atoms. The summed E-state index contributed by atoms with van der Waals surface area (Å²) in [6, 6.07) is 14.6. The fourth-order valence-corrected chi connectivity index (χ4v) is 5.93. The molecule has 0 saturated carbocycles. The number of anilines is 1. The Bertz CT molecular complexity index is 1680. The number of halogens is 1. The lowest BCUT2D eigenvalue weighted by atomic mass is 9.93. The Kier molecular flexibility index (Phi) is 9.05. The number of piperazine rings is 1. The van der Waals surface area contributed by atoms with Gasteiger partial charge in [-0.25, -0.2) is 28.9 Å². The van der Waals surface area contributed by atoms with Crippen molar-refractivity contribution >= 4 is 23.7 Å². The van der Waals surface area contributed by atoms with Crippen molar-refractivity contribution in [3.63, 3.8) is 0 Å². The van der Waals surface area contributed by atoms with Crippen LogP contribution in [0.25, 0.3) is 17.2 Å². The predicted molar refractivity (Wildman–Crippen MR) is 171 cm³/mol. The normalized spacial score (nSPS) is 17.3. The summed E-state index contributed by atoms with van der Waals surface area (Å²) in [5, 5.41) is 0. The van der Waals surface area contributed by atoms with Crippen LogP contribution < -0.4 is 4.90 Å². The highest BCUT2D eigenvalue weighted by Gasteiger charge is 2.29. The first kappa shape index (κ1) is 31.3. The molecule has 0 N–H and O–H groups in total. The van der Waals surface area contributed by atoms with Gasteiger partial charge in [0.25, 0.3) is 0 Å². The second kappa shape index (κ2) is 13.3. The van der Waals surface area contributed by atoms with Gasteiger partial charge in [0.1, 0.15) is 35.2 Å². The van der Waals surface area contributed by atoms with Gasteiger partial charge in [0.2, 0.25) is 0 Å². The number of imidazole rings is 1. The molecule has 1 aromatic carbocycles. The first-order chi connectivity index (χ1) is 22.1. The third-order valence-electron chi connectivity index (χ3n) is 8.20. The van der Waals surface area contributed by atoms with Crippen molar-refractivity contribution < 1.29 is 23.5 Å². The molecule has 1 atom stereocenters. The van der Waals surface area contributed by atoms with E-state index >= 15 is 0 Å².